The van der Waals surface area contributed by atoms with E-state index in [-0.39, 0.29) is 5.56 Å². The van der Waals surface area contributed by atoms with Crippen molar-refractivity contribution in [1.82, 2.24) is 14.5 Å². The first-order valence-corrected chi connectivity index (χ1v) is 12.4. The van der Waals surface area contributed by atoms with E-state index in [1.54, 1.807) is 22.2 Å². The molecule has 2 aromatic heterocycles. The summed E-state index contributed by atoms with van der Waals surface area (Å²) >= 11 is 1.61. The minimum absolute atomic E-state index is 0.0215. The number of fused-ring (bicyclic) bond motifs is 3. The minimum atomic E-state index is 0.0215. The zero-order valence-corrected chi connectivity index (χ0v) is 18.8. The fourth-order valence-corrected chi connectivity index (χ4v) is 6.41. The van der Waals surface area contributed by atoms with Gasteiger partial charge in [-0.15, -0.1) is 11.3 Å². The Bertz CT molecular complexity index is 1130. The molecule has 3 aliphatic rings. The van der Waals surface area contributed by atoms with Gasteiger partial charge in [-0.1, -0.05) is 12.8 Å². The van der Waals surface area contributed by atoms with Crippen LogP contribution >= 0.6 is 11.3 Å². The van der Waals surface area contributed by atoms with Crippen LogP contribution in [0.4, 0.5) is 0 Å². The van der Waals surface area contributed by atoms with Crippen molar-refractivity contribution in [3.05, 3.63) is 51.9 Å². The molecule has 1 aromatic carbocycles. The van der Waals surface area contributed by atoms with Crippen molar-refractivity contribution in [2.24, 2.45) is 5.92 Å². The van der Waals surface area contributed by atoms with E-state index in [9.17, 15) is 4.79 Å². The van der Waals surface area contributed by atoms with Crippen LogP contribution in [0.5, 0.6) is 5.75 Å². The Morgan fingerprint density at radius 2 is 1.84 bits per heavy atom. The second kappa shape index (κ2) is 7.75. The molecule has 4 heterocycles. The highest BCUT2D eigenvalue weighted by molar-refractivity contribution is 7.18. The van der Waals surface area contributed by atoms with Gasteiger partial charge in [-0.25, -0.2) is 4.98 Å². The van der Waals surface area contributed by atoms with Crippen LogP contribution in [0.2, 0.25) is 0 Å². The van der Waals surface area contributed by atoms with Crippen LogP contribution in [0.3, 0.4) is 0 Å². The van der Waals surface area contributed by atoms with Crippen LogP contribution in [-0.4, -0.2) is 39.7 Å². The van der Waals surface area contributed by atoms with Crippen LogP contribution in [0.25, 0.3) is 15.9 Å². The molecule has 6 rings (SSSR count). The Kier molecular flexibility index (Phi) is 4.87. The number of hydrogen-bond donors (Lipinski definition) is 0. The maximum Gasteiger partial charge on any atom is 0.275 e. The van der Waals surface area contributed by atoms with Gasteiger partial charge in [-0.3, -0.25) is 9.36 Å². The molecule has 1 aliphatic carbocycles. The summed E-state index contributed by atoms with van der Waals surface area (Å²) in [6.07, 6.45) is 11.8. The molecule has 0 N–H and O–H groups in total. The van der Waals surface area contributed by atoms with E-state index in [1.165, 1.54) is 37.0 Å². The van der Waals surface area contributed by atoms with Crippen LogP contribution < -0.4 is 10.3 Å². The van der Waals surface area contributed by atoms with E-state index < -0.39 is 0 Å². The molecule has 162 valence electrons. The highest BCUT2D eigenvalue weighted by atomic mass is 32.1. The molecule has 0 radical (unpaired) electrons. The normalized spacial score (nSPS) is 25.9. The predicted octanol–water partition coefficient (Wildman–Crippen LogP) is 4.79. The number of rotatable bonds is 6. The number of aryl methyl sites for hydroxylation is 1. The molecule has 0 amide bonds. The van der Waals surface area contributed by atoms with Gasteiger partial charge in [0.05, 0.1) is 11.2 Å². The second-order valence-corrected chi connectivity index (χ2v) is 10.7. The standard InChI is InChI=1S/C25H29N3O2S/c1-27-18-5-6-19(27)13-21(12-18)30-20-9-7-17(8-10-20)28-15-26-23-14-22(11-4-16-2-3-16)31-24(23)25(28)29/h7-10,14-16,18-19,21H,2-6,11-13H2,1H3/t18-,19+,21?. The number of thiophene rings is 1. The number of ether oxygens (including phenoxy) is 1. The molecule has 1 unspecified atom stereocenters. The number of piperidine rings is 1. The van der Waals surface area contributed by atoms with Crippen molar-refractivity contribution >= 4 is 21.6 Å². The average molecular weight is 436 g/mol. The Balaban J connectivity index is 1.18. The van der Waals surface area contributed by atoms with Crippen molar-refractivity contribution < 1.29 is 4.74 Å². The zero-order valence-electron chi connectivity index (χ0n) is 18.0. The molecule has 2 aliphatic heterocycles. The number of nitrogens with zero attached hydrogens (tertiary/aromatic N) is 3. The topological polar surface area (TPSA) is 47.4 Å². The van der Waals surface area contributed by atoms with Crippen LogP contribution in [-0.2, 0) is 6.42 Å². The maximum atomic E-state index is 13.1. The van der Waals surface area contributed by atoms with Crippen molar-refractivity contribution in [1.29, 1.82) is 0 Å². The van der Waals surface area contributed by atoms with Gasteiger partial charge in [0, 0.05) is 17.0 Å². The van der Waals surface area contributed by atoms with Gasteiger partial charge in [0.2, 0.25) is 0 Å². The van der Waals surface area contributed by atoms with Gasteiger partial charge in [-0.2, -0.15) is 0 Å². The molecule has 3 aromatic rings. The lowest BCUT2D eigenvalue weighted by Gasteiger charge is -2.36. The minimum Gasteiger partial charge on any atom is -0.490 e. The van der Waals surface area contributed by atoms with Gasteiger partial charge in [-0.05, 0) is 81.8 Å². The average Bonchev–Trinajstić information content (AvgIpc) is 3.47. The summed E-state index contributed by atoms with van der Waals surface area (Å²) in [4.78, 5) is 21.5. The molecule has 3 atom stereocenters. The molecule has 5 nitrogen and oxygen atoms in total. The third-order valence-corrected chi connectivity index (χ3v) is 8.63. The van der Waals surface area contributed by atoms with Gasteiger partial charge in [0.15, 0.2) is 0 Å². The fraction of sp³-hybridized carbons (Fsp3) is 0.520. The fourth-order valence-electron chi connectivity index (χ4n) is 5.36. The van der Waals surface area contributed by atoms with Gasteiger partial charge in [0.1, 0.15) is 22.9 Å². The molecule has 0 spiro atoms. The van der Waals surface area contributed by atoms with Crippen molar-refractivity contribution in [2.75, 3.05) is 7.05 Å². The summed E-state index contributed by atoms with van der Waals surface area (Å²) in [5, 5.41) is 0. The Hall–Kier alpha value is -2.18. The summed E-state index contributed by atoms with van der Waals surface area (Å²) in [7, 11) is 2.25. The Morgan fingerprint density at radius 3 is 2.55 bits per heavy atom. The van der Waals surface area contributed by atoms with E-state index in [0.29, 0.717) is 18.2 Å². The second-order valence-electron chi connectivity index (χ2n) is 9.58. The monoisotopic (exact) mass is 435 g/mol. The highest BCUT2D eigenvalue weighted by Crippen LogP contribution is 2.36. The molecular formula is C25H29N3O2S. The van der Waals surface area contributed by atoms with E-state index in [2.05, 4.69) is 23.0 Å². The molecular weight excluding hydrogens is 406 g/mol. The highest BCUT2D eigenvalue weighted by Gasteiger charge is 2.39. The quantitative estimate of drug-likeness (QED) is 0.558. The summed E-state index contributed by atoms with van der Waals surface area (Å²) < 4.78 is 8.72. The molecule has 2 bridgehead atoms. The van der Waals surface area contributed by atoms with E-state index in [4.69, 9.17) is 4.74 Å². The number of aromatic nitrogens is 2. The van der Waals surface area contributed by atoms with Crippen LogP contribution in [0, 0.1) is 5.92 Å². The van der Waals surface area contributed by atoms with E-state index >= 15 is 0 Å². The SMILES string of the molecule is CN1[C@@H]2CC[C@H]1CC(Oc1ccc(-n3cnc4cc(CCC5CC5)sc4c3=O)cc1)C2. The van der Waals surface area contributed by atoms with Gasteiger partial charge < -0.3 is 9.64 Å². The number of hydrogen-bond acceptors (Lipinski definition) is 5. The summed E-state index contributed by atoms with van der Waals surface area (Å²) in [5.74, 6) is 1.79. The third-order valence-electron chi connectivity index (χ3n) is 7.46. The van der Waals surface area contributed by atoms with E-state index in [1.807, 2.05) is 24.3 Å². The van der Waals surface area contributed by atoms with Crippen LogP contribution in [0.15, 0.2) is 41.5 Å². The Labute approximate surface area is 186 Å². The first kappa shape index (κ1) is 19.5. The molecule has 2 saturated heterocycles. The van der Waals surface area contributed by atoms with Crippen molar-refractivity contribution in [3.63, 3.8) is 0 Å². The van der Waals surface area contributed by atoms with Crippen LogP contribution in [0.1, 0.15) is 49.8 Å². The zero-order chi connectivity index (χ0) is 20.9. The lowest BCUT2D eigenvalue weighted by molar-refractivity contribution is 0.0662. The molecule has 3 fully saturated rings. The predicted molar refractivity (Wildman–Crippen MR) is 124 cm³/mol. The van der Waals surface area contributed by atoms with Crippen molar-refractivity contribution in [2.45, 2.75) is 69.6 Å². The largest absolute Gasteiger partial charge is 0.490 e. The lowest BCUT2D eigenvalue weighted by atomic mass is 10.0. The smallest absolute Gasteiger partial charge is 0.275 e. The maximum absolute atomic E-state index is 13.1. The summed E-state index contributed by atoms with van der Waals surface area (Å²) in [6.45, 7) is 0. The third kappa shape index (κ3) is 3.80. The summed E-state index contributed by atoms with van der Waals surface area (Å²) in [5.41, 5.74) is 1.69. The lowest BCUT2D eigenvalue weighted by Crippen LogP contribution is -2.43. The van der Waals surface area contributed by atoms with Crippen molar-refractivity contribution in [3.8, 4) is 11.4 Å². The summed E-state index contributed by atoms with van der Waals surface area (Å²) in [6, 6.07) is 11.3. The molecule has 31 heavy (non-hydrogen) atoms. The van der Waals surface area contributed by atoms with Gasteiger partial charge >= 0.3 is 0 Å². The number of benzene rings is 1. The molecule has 6 heteroatoms. The Morgan fingerprint density at radius 1 is 1.10 bits per heavy atom. The van der Waals surface area contributed by atoms with E-state index in [0.717, 1.165) is 46.8 Å². The first-order valence-electron chi connectivity index (χ1n) is 11.6. The molecule has 1 saturated carbocycles. The first-order chi connectivity index (χ1) is 15.1. The van der Waals surface area contributed by atoms with Gasteiger partial charge in [0.25, 0.3) is 5.56 Å².